The van der Waals surface area contributed by atoms with Crippen LogP contribution in [0.25, 0.3) is 0 Å². The van der Waals surface area contributed by atoms with E-state index in [1.54, 1.807) is 0 Å². The van der Waals surface area contributed by atoms with E-state index in [-0.39, 0.29) is 5.54 Å². The number of piperazine rings is 1. The van der Waals surface area contributed by atoms with Crippen molar-refractivity contribution in [2.24, 2.45) is 5.92 Å². The molecule has 1 aromatic rings. The van der Waals surface area contributed by atoms with Gasteiger partial charge in [0.15, 0.2) is 0 Å². The van der Waals surface area contributed by atoms with Crippen molar-refractivity contribution in [3.8, 4) is 0 Å². The Morgan fingerprint density at radius 1 is 1.04 bits per heavy atom. The molecule has 4 rings (SSSR count). The summed E-state index contributed by atoms with van der Waals surface area (Å²) in [6.07, 6.45) is 6.57. The Labute approximate surface area is 164 Å². The minimum absolute atomic E-state index is 0.189. The van der Waals surface area contributed by atoms with Gasteiger partial charge < -0.3 is 4.90 Å². The van der Waals surface area contributed by atoms with Crippen LogP contribution in [0, 0.1) is 5.92 Å². The van der Waals surface area contributed by atoms with Gasteiger partial charge in [0.1, 0.15) is 0 Å². The molecule has 3 fully saturated rings. The van der Waals surface area contributed by atoms with Crippen LogP contribution in [0.3, 0.4) is 0 Å². The van der Waals surface area contributed by atoms with Gasteiger partial charge in [0, 0.05) is 48.8 Å². The second kappa shape index (κ2) is 7.43. The maximum absolute atomic E-state index is 6.19. The Bertz CT molecular complexity index is 606. The highest BCUT2D eigenvalue weighted by Gasteiger charge is 2.48. The predicted molar refractivity (Wildman–Crippen MR) is 110 cm³/mol. The van der Waals surface area contributed by atoms with Crippen LogP contribution in [0.15, 0.2) is 24.3 Å². The Kier molecular flexibility index (Phi) is 5.35. The highest BCUT2D eigenvalue weighted by molar-refractivity contribution is 6.30. The van der Waals surface area contributed by atoms with Crippen LogP contribution in [0.2, 0.25) is 5.02 Å². The zero-order chi connectivity index (χ0) is 18.3. The van der Waals surface area contributed by atoms with Crippen LogP contribution in [-0.4, -0.2) is 67.1 Å². The van der Waals surface area contributed by atoms with Crippen LogP contribution >= 0.6 is 11.6 Å². The van der Waals surface area contributed by atoms with Gasteiger partial charge in [0.25, 0.3) is 0 Å². The van der Waals surface area contributed by atoms with Crippen molar-refractivity contribution in [1.29, 1.82) is 0 Å². The van der Waals surface area contributed by atoms with Crippen molar-refractivity contribution in [3.63, 3.8) is 0 Å². The molecule has 4 heteroatoms. The molecule has 1 saturated heterocycles. The molecule has 1 heterocycles. The Morgan fingerprint density at radius 2 is 1.69 bits per heavy atom. The normalized spacial score (nSPS) is 34.3. The fourth-order valence-electron chi connectivity index (χ4n) is 5.50. The molecule has 1 aliphatic heterocycles. The third kappa shape index (κ3) is 3.56. The van der Waals surface area contributed by atoms with Gasteiger partial charge in [-0.15, -0.1) is 0 Å². The molecule has 0 aromatic heterocycles. The molecule has 0 spiro atoms. The summed E-state index contributed by atoms with van der Waals surface area (Å²) in [4.78, 5) is 7.95. The smallest absolute Gasteiger partial charge is 0.0464 e. The van der Waals surface area contributed by atoms with E-state index in [9.17, 15) is 0 Å². The highest BCUT2D eigenvalue weighted by atomic mass is 35.5. The average molecular weight is 376 g/mol. The Hall–Kier alpha value is -0.610. The number of benzene rings is 1. The van der Waals surface area contributed by atoms with E-state index in [2.05, 4.69) is 60.0 Å². The fourth-order valence-corrected chi connectivity index (χ4v) is 5.62. The standard InChI is InChI=1S/C22H34ClN3/c1-17-16-22(25(3)20-8-9-20,18-4-6-19(23)7-5-18)11-10-21(17)26-14-12-24(2)13-15-26/h4-7,17,20-21H,8-16H2,1-3H3. The van der Waals surface area contributed by atoms with Gasteiger partial charge in [-0.25, -0.2) is 0 Å². The SMILES string of the molecule is CC1CC(c2ccc(Cl)cc2)(N(C)C2CC2)CCC1N1CCN(C)CC1. The molecule has 1 aromatic carbocycles. The lowest BCUT2D eigenvalue weighted by molar-refractivity contribution is -0.0136. The number of likely N-dealkylation sites (N-methyl/N-ethyl adjacent to an activating group) is 1. The molecule has 3 unspecified atom stereocenters. The van der Waals surface area contributed by atoms with E-state index in [4.69, 9.17) is 11.6 Å². The summed E-state index contributed by atoms with van der Waals surface area (Å²) >= 11 is 6.19. The van der Waals surface area contributed by atoms with Gasteiger partial charge in [0.2, 0.25) is 0 Å². The van der Waals surface area contributed by atoms with Crippen molar-refractivity contribution in [3.05, 3.63) is 34.9 Å². The third-order valence-corrected chi connectivity index (χ3v) is 7.58. The molecular weight excluding hydrogens is 342 g/mol. The number of nitrogens with zero attached hydrogens (tertiary/aromatic N) is 3. The van der Waals surface area contributed by atoms with Crippen LogP contribution < -0.4 is 0 Å². The average Bonchev–Trinajstić information content (AvgIpc) is 3.47. The lowest BCUT2D eigenvalue weighted by Crippen LogP contribution is -2.57. The van der Waals surface area contributed by atoms with Gasteiger partial charge in [-0.3, -0.25) is 9.80 Å². The summed E-state index contributed by atoms with van der Waals surface area (Å²) in [6, 6.07) is 10.2. The van der Waals surface area contributed by atoms with Crippen molar-refractivity contribution in [1.82, 2.24) is 14.7 Å². The van der Waals surface area contributed by atoms with Crippen LogP contribution in [0.4, 0.5) is 0 Å². The summed E-state index contributed by atoms with van der Waals surface area (Å²) < 4.78 is 0. The predicted octanol–water partition coefficient (Wildman–Crippen LogP) is 4.07. The molecule has 144 valence electrons. The van der Waals surface area contributed by atoms with Crippen LogP contribution in [0.5, 0.6) is 0 Å². The first kappa shape index (κ1) is 18.7. The first-order chi connectivity index (χ1) is 12.5. The molecule has 2 saturated carbocycles. The molecule has 0 bridgehead atoms. The van der Waals surface area contributed by atoms with Gasteiger partial charge in [-0.2, -0.15) is 0 Å². The van der Waals surface area contributed by atoms with Crippen LogP contribution in [-0.2, 0) is 5.54 Å². The molecule has 26 heavy (non-hydrogen) atoms. The lowest BCUT2D eigenvalue weighted by Gasteiger charge is -2.52. The van der Waals surface area contributed by atoms with E-state index in [1.807, 2.05) is 0 Å². The van der Waals surface area contributed by atoms with Crippen molar-refractivity contribution in [2.75, 3.05) is 40.3 Å². The van der Waals surface area contributed by atoms with E-state index >= 15 is 0 Å². The molecule has 0 radical (unpaired) electrons. The second-order valence-electron chi connectivity index (χ2n) is 9.01. The second-order valence-corrected chi connectivity index (χ2v) is 9.44. The van der Waals surface area contributed by atoms with Crippen molar-refractivity contribution in [2.45, 2.75) is 56.7 Å². The minimum Gasteiger partial charge on any atom is -0.304 e. The minimum atomic E-state index is 0.189. The molecule has 0 N–H and O–H groups in total. The summed E-state index contributed by atoms with van der Waals surface area (Å²) in [5.41, 5.74) is 1.66. The molecule has 2 aliphatic carbocycles. The topological polar surface area (TPSA) is 9.72 Å². The van der Waals surface area contributed by atoms with E-state index in [0.717, 1.165) is 23.0 Å². The first-order valence-electron chi connectivity index (χ1n) is 10.4. The Balaban J connectivity index is 1.55. The van der Waals surface area contributed by atoms with Gasteiger partial charge in [-0.05, 0) is 69.8 Å². The third-order valence-electron chi connectivity index (χ3n) is 7.33. The van der Waals surface area contributed by atoms with E-state index in [1.165, 1.54) is 63.8 Å². The molecule has 0 amide bonds. The van der Waals surface area contributed by atoms with Crippen molar-refractivity contribution >= 4 is 11.6 Å². The largest absolute Gasteiger partial charge is 0.304 e. The quantitative estimate of drug-likeness (QED) is 0.785. The van der Waals surface area contributed by atoms with Gasteiger partial charge >= 0.3 is 0 Å². The lowest BCUT2D eigenvalue weighted by atomic mass is 9.69. The maximum atomic E-state index is 6.19. The monoisotopic (exact) mass is 375 g/mol. The van der Waals surface area contributed by atoms with Gasteiger partial charge in [0.05, 0.1) is 0 Å². The summed E-state index contributed by atoms with van der Waals surface area (Å²) in [7, 11) is 4.62. The number of hydrogen-bond acceptors (Lipinski definition) is 3. The van der Waals surface area contributed by atoms with E-state index in [0.29, 0.717) is 0 Å². The van der Waals surface area contributed by atoms with Crippen molar-refractivity contribution < 1.29 is 0 Å². The zero-order valence-electron chi connectivity index (χ0n) is 16.6. The number of halogens is 1. The molecule has 3 atom stereocenters. The first-order valence-corrected chi connectivity index (χ1v) is 10.8. The summed E-state index contributed by atoms with van der Waals surface area (Å²) in [5.74, 6) is 0.726. The molecule has 3 aliphatic rings. The van der Waals surface area contributed by atoms with Crippen LogP contribution in [0.1, 0.15) is 44.6 Å². The fraction of sp³-hybridized carbons (Fsp3) is 0.727. The summed E-state index contributed by atoms with van der Waals surface area (Å²) in [6.45, 7) is 7.39. The Morgan fingerprint density at radius 3 is 2.27 bits per heavy atom. The molecular formula is C22H34ClN3. The summed E-state index contributed by atoms with van der Waals surface area (Å²) in [5, 5.41) is 0.845. The highest BCUT2D eigenvalue weighted by Crippen LogP contribution is 2.49. The van der Waals surface area contributed by atoms with E-state index < -0.39 is 0 Å². The van der Waals surface area contributed by atoms with Gasteiger partial charge in [-0.1, -0.05) is 30.7 Å². The number of hydrogen-bond donors (Lipinski definition) is 0. The zero-order valence-corrected chi connectivity index (χ0v) is 17.4. The number of rotatable bonds is 4. The molecule has 3 nitrogen and oxygen atoms in total. The maximum Gasteiger partial charge on any atom is 0.0464 e.